The van der Waals surface area contributed by atoms with Crippen LogP contribution in [0.3, 0.4) is 0 Å². The first kappa shape index (κ1) is 8.41. The Morgan fingerprint density at radius 2 is 2.22 bits per heavy atom. The zero-order valence-electron chi connectivity index (χ0n) is 6.44. The van der Waals surface area contributed by atoms with Gasteiger partial charge in [0.1, 0.15) is 0 Å². The van der Waals surface area contributed by atoms with Gasteiger partial charge >= 0.3 is 0 Å². The molecule has 0 amide bonds. The van der Waals surface area contributed by atoms with Crippen molar-refractivity contribution in [2.45, 2.75) is 27.2 Å². The van der Waals surface area contributed by atoms with Crippen LogP contribution in [0.5, 0.6) is 0 Å². The largest absolute Gasteiger partial charge is 0.310 e. The predicted octanol–water partition coefficient (Wildman–Crippen LogP) is 2.63. The van der Waals surface area contributed by atoms with E-state index in [1.807, 2.05) is 19.9 Å². The molecule has 1 atom stereocenters. The Labute approximate surface area is 57.3 Å². The minimum Gasteiger partial charge on any atom is -0.310 e. The molecule has 0 radical (unpaired) electrons. The summed E-state index contributed by atoms with van der Waals surface area (Å²) in [5.41, 5.74) is 0.771. The highest BCUT2D eigenvalue weighted by Crippen LogP contribution is 2.03. The van der Waals surface area contributed by atoms with Crippen LogP contribution in [0.2, 0.25) is 0 Å². The van der Waals surface area contributed by atoms with E-state index in [0.29, 0.717) is 5.92 Å². The van der Waals surface area contributed by atoms with E-state index in [1.54, 1.807) is 0 Å². The average molecular weight is 125 g/mol. The van der Waals surface area contributed by atoms with Gasteiger partial charge in [-0.05, 0) is 26.2 Å². The number of allylic oxidation sites excluding steroid dienone is 2. The standard InChI is InChI=1S/C8H15N/c1-4-5-6-7(2)8(3)9/h4-5,7,9H,6H2,1-3H3. The van der Waals surface area contributed by atoms with Crippen molar-refractivity contribution in [3.63, 3.8) is 0 Å². The van der Waals surface area contributed by atoms with Gasteiger partial charge < -0.3 is 5.41 Å². The van der Waals surface area contributed by atoms with Crippen molar-refractivity contribution in [1.29, 1.82) is 5.41 Å². The summed E-state index contributed by atoms with van der Waals surface area (Å²) in [5, 5.41) is 7.24. The molecule has 0 saturated heterocycles. The minimum absolute atomic E-state index is 0.418. The summed E-state index contributed by atoms with van der Waals surface area (Å²) in [6, 6.07) is 0. The van der Waals surface area contributed by atoms with E-state index in [4.69, 9.17) is 5.41 Å². The number of nitrogens with one attached hydrogen (secondary N) is 1. The molecule has 0 aliphatic rings. The molecule has 0 saturated carbocycles. The molecule has 0 aliphatic carbocycles. The highest BCUT2D eigenvalue weighted by molar-refractivity contribution is 5.80. The van der Waals surface area contributed by atoms with Crippen molar-refractivity contribution in [2.75, 3.05) is 0 Å². The summed E-state index contributed by atoms with van der Waals surface area (Å²) in [6.45, 7) is 5.93. The van der Waals surface area contributed by atoms with Gasteiger partial charge in [0.2, 0.25) is 0 Å². The summed E-state index contributed by atoms with van der Waals surface area (Å²) in [5.74, 6) is 0.418. The highest BCUT2D eigenvalue weighted by Gasteiger charge is 1.98. The van der Waals surface area contributed by atoms with Crippen molar-refractivity contribution in [1.82, 2.24) is 0 Å². The highest BCUT2D eigenvalue weighted by atomic mass is 14.4. The third kappa shape index (κ3) is 3.95. The summed E-state index contributed by atoms with van der Waals surface area (Å²) >= 11 is 0. The lowest BCUT2D eigenvalue weighted by Gasteiger charge is -2.03. The molecule has 0 fully saturated rings. The first-order valence-corrected chi connectivity index (χ1v) is 3.34. The average Bonchev–Trinajstić information content (AvgIpc) is 1.82. The van der Waals surface area contributed by atoms with E-state index >= 15 is 0 Å². The van der Waals surface area contributed by atoms with E-state index in [-0.39, 0.29) is 0 Å². The van der Waals surface area contributed by atoms with Crippen molar-refractivity contribution in [2.24, 2.45) is 5.92 Å². The van der Waals surface area contributed by atoms with Crippen molar-refractivity contribution in [3.05, 3.63) is 12.2 Å². The Balaban J connectivity index is 3.50. The Morgan fingerprint density at radius 1 is 1.67 bits per heavy atom. The lowest BCUT2D eigenvalue weighted by atomic mass is 10.0. The van der Waals surface area contributed by atoms with Crippen LogP contribution >= 0.6 is 0 Å². The molecule has 1 heteroatoms. The third-order valence-corrected chi connectivity index (χ3v) is 1.46. The van der Waals surface area contributed by atoms with Crippen LogP contribution in [-0.2, 0) is 0 Å². The molecule has 9 heavy (non-hydrogen) atoms. The van der Waals surface area contributed by atoms with Crippen LogP contribution in [0.25, 0.3) is 0 Å². The molecule has 0 bridgehead atoms. The number of hydrogen-bond acceptors (Lipinski definition) is 1. The van der Waals surface area contributed by atoms with E-state index in [9.17, 15) is 0 Å². The van der Waals surface area contributed by atoms with Crippen LogP contribution in [0.4, 0.5) is 0 Å². The van der Waals surface area contributed by atoms with Gasteiger partial charge in [0.15, 0.2) is 0 Å². The van der Waals surface area contributed by atoms with Crippen LogP contribution in [-0.4, -0.2) is 5.71 Å². The minimum atomic E-state index is 0.418. The van der Waals surface area contributed by atoms with Crippen molar-refractivity contribution in [3.8, 4) is 0 Å². The first-order valence-electron chi connectivity index (χ1n) is 3.34. The van der Waals surface area contributed by atoms with Gasteiger partial charge in [-0.3, -0.25) is 0 Å². The fourth-order valence-electron chi connectivity index (χ4n) is 0.517. The fourth-order valence-corrected chi connectivity index (χ4v) is 0.517. The topological polar surface area (TPSA) is 23.9 Å². The SMILES string of the molecule is CC=CCC(C)C(C)=N. The van der Waals surface area contributed by atoms with Gasteiger partial charge in [-0.2, -0.15) is 0 Å². The lowest BCUT2D eigenvalue weighted by Crippen LogP contribution is -2.02. The summed E-state index contributed by atoms with van der Waals surface area (Å²) < 4.78 is 0. The van der Waals surface area contributed by atoms with Crippen LogP contribution in [0, 0.1) is 11.3 Å². The van der Waals surface area contributed by atoms with Gasteiger partial charge in [-0.15, -0.1) is 0 Å². The molecule has 0 heterocycles. The zero-order valence-corrected chi connectivity index (χ0v) is 6.44. The lowest BCUT2D eigenvalue weighted by molar-refractivity contribution is 0.780. The van der Waals surface area contributed by atoms with Crippen molar-refractivity contribution >= 4 is 5.71 Å². The molecule has 0 aromatic heterocycles. The normalized spacial score (nSPS) is 14.1. The van der Waals surface area contributed by atoms with E-state index in [2.05, 4.69) is 13.0 Å². The summed E-state index contributed by atoms with van der Waals surface area (Å²) in [6.07, 6.45) is 5.13. The van der Waals surface area contributed by atoms with Gasteiger partial charge in [0, 0.05) is 5.71 Å². The number of rotatable bonds is 3. The Bertz CT molecular complexity index is 114. The van der Waals surface area contributed by atoms with Gasteiger partial charge in [0.05, 0.1) is 0 Å². The van der Waals surface area contributed by atoms with Gasteiger partial charge in [-0.25, -0.2) is 0 Å². The maximum absolute atomic E-state index is 7.24. The smallest absolute Gasteiger partial charge is 0.00894 e. The second kappa shape index (κ2) is 4.30. The molecule has 0 aromatic carbocycles. The fraction of sp³-hybridized carbons (Fsp3) is 0.625. The zero-order chi connectivity index (χ0) is 7.28. The molecule has 1 N–H and O–H groups in total. The molecule has 0 spiro atoms. The van der Waals surface area contributed by atoms with E-state index in [0.717, 1.165) is 12.1 Å². The second-order valence-electron chi connectivity index (χ2n) is 2.39. The summed E-state index contributed by atoms with van der Waals surface area (Å²) in [4.78, 5) is 0. The molecule has 0 aliphatic heterocycles. The third-order valence-electron chi connectivity index (χ3n) is 1.46. The Hall–Kier alpha value is -0.590. The van der Waals surface area contributed by atoms with E-state index < -0.39 is 0 Å². The predicted molar refractivity (Wildman–Crippen MR) is 42.0 cm³/mol. The molecular formula is C8H15N. The Morgan fingerprint density at radius 3 is 2.56 bits per heavy atom. The quantitative estimate of drug-likeness (QED) is 0.443. The molecule has 0 aromatic rings. The van der Waals surface area contributed by atoms with Crippen LogP contribution in [0.1, 0.15) is 27.2 Å². The van der Waals surface area contributed by atoms with Gasteiger partial charge in [-0.1, -0.05) is 19.1 Å². The molecule has 0 rings (SSSR count). The number of hydrogen-bond donors (Lipinski definition) is 1. The second-order valence-corrected chi connectivity index (χ2v) is 2.39. The molecular weight excluding hydrogens is 110 g/mol. The first-order chi connectivity index (χ1) is 4.18. The Kier molecular flexibility index (Phi) is 4.02. The molecule has 52 valence electrons. The van der Waals surface area contributed by atoms with Gasteiger partial charge in [0.25, 0.3) is 0 Å². The van der Waals surface area contributed by atoms with Crippen molar-refractivity contribution < 1.29 is 0 Å². The van der Waals surface area contributed by atoms with E-state index in [1.165, 1.54) is 0 Å². The monoisotopic (exact) mass is 125 g/mol. The van der Waals surface area contributed by atoms with Crippen LogP contribution < -0.4 is 0 Å². The molecule has 1 nitrogen and oxygen atoms in total. The summed E-state index contributed by atoms with van der Waals surface area (Å²) in [7, 11) is 0. The maximum atomic E-state index is 7.24. The molecule has 1 unspecified atom stereocenters. The maximum Gasteiger partial charge on any atom is 0.00894 e. The van der Waals surface area contributed by atoms with Crippen LogP contribution in [0.15, 0.2) is 12.2 Å².